The number of halogens is 1. The van der Waals surface area contributed by atoms with Crippen LogP contribution in [0.3, 0.4) is 0 Å². The van der Waals surface area contributed by atoms with Crippen molar-refractivity contribution in [2.45, 2.75) is 6.54 Å². The van der Waals surface area contributed by atoms with Gasteiger partial charge in [0.05, 0.1) is 0 Å². The van der Waals surface area contributed by atoms with E-state index < -0.39 is 0 Å². The Morgan fingerprint density at radius 2 is 1.61 bits per heavy atom. The molecule has 1 saturated heterocycles. The summed E-state index contributed by atoms with van der Waals surface area (Å²) in [6.07, 6.45) is 0. The van der Waals surface area contributed by atoms with Crippen molar-refractivity contribution in [3.8, 4) is 11.1 Å². The maximum atomic E-state index is 13.0. The first-order valence-corrected chi connectivity index (χ1v) is 11.0. The Balaban J connectivity index is 1.22. The third-order valence-corrected chi connectivity index (χ3v) is 6.15. The van der Waals surface area contributed by atoms with E-state index in [1.807, 2.05) is 35.2 Å². The zero-order valence-electron chi connectivity index (χ0n) is 17.2. The number of hydrogen-bond donors (Lipinski definition) is 1. The Kier molecular flexibility index (Phi) is 5.49. The van der Waals surface area contributed by atoms with Gasteiger partial charge in [0.1, 0.15) is 5.69 Å². The molecule has 4 nitrogen and oxygen atoms in total. The first-order chi connectivity index (χ1) is 15.2. The molecule has 0 bridgehead atoms. The van der Waals surface area contributed by atoms with Crippen LogP contribution in [-0.4, -0.2) is 46.9 Å². The van der Waals surface area contributed by atoms with Gasteiger partial charge in [-0.05, 0) is 47.0 Å². The molecule has 5 heteroatoms. The molecule has 1 aliphatic heterocycles. The molecule has 156 valence electrons. The van der Waals surface area contributed by atoms with Crippen LogP contribution in [0.1, 0.15) is 16.1 Å². The molecule has 31 heavy (non-hydrogen) atoms. The molecule has 0 radical (unpaired) electrons. The first kappa shape index (κ1) is 19.9. The fraction of sp³-hybridized carbons (Fsp3) is 0.192. The van der Waals surface area contributed by atoms with Crippen molar-refractivity contribution in [1.29, 1.82) is 0 Å². The van der Waals surface area contributed by atoms with Crippen LogP contribution < -0.4 is 0 Å². The monoisotopic (exact) mass is 429 g/mol. The molecular weight excluding hydrogens is 406 g/mol. The summed E-state index contributed by atoms with van der Waals surface area (Å²) in [5.74, 6) is 0.0537. The molecule has 1 aliphatic rings. The van der Waals surface area contributed by atoms with E-state index in [1.54, 1.807) is 0 Å². The van der Waals surface area contributed by atoms with E-state index in [2.05, 4.69) is 58.4 Å². The summed E-state index contributed by atoms with van der Waals surface area (Å²) in [5, 5.41) is 1.64. The van der Waals surface area contributed by atoms with Gasteiger partial charge >= 0.3 is 0 Å². The van der Waals surface area contributed by atoms with Crippen molar-refractivity contribution in [2.24, 2.45) is 0 Å². The van der Waals surface area contributed by atoms with Crippen LogP contribution in [0, 0.1) is 0 Å². The maximum absolute atomic E-state index is 13.0. The smallest absolute Gasteiger partial charge is 0.270 e. The summed E-state index contributed by atoms with van der Waals surface area (Å²) >= 11 is 6.07. The minimum Gasteiger partial charge on any atom is -0.351 e. The van der Waals surface area contributed by atoms with Gasteiger partial charge in [-0.25, -0.2) is 0 Å². The van der Waals surface area contributed by atoms with E-state index >= 15 is 0 Å². The third-order valence-electron chi connectivity index (χ3n) is 5.91. The number of fused-ring (bicyclic) bond motifs is 1. The zero-order valence-corrected chi connectivity index (χ0v) is 18.0. The highest BCUT2D eigenvalue weighted by Crippen LogP contribution is 2.23. The summed E-state index contributed by atoms with van der Waals surface area (Å²) in [6, 6.07) is 26.7. The van der Waals surface area contributed by atoms with Crippen molar-refractivity contribution in [3.05, 3.63) is 95.1 Å². The Bertz CT molecular complexity index is 1210. The largest absolute Gasteiger partial charge is 0.351 e. The number of H-pyrrole nitrogens is 1. The minimum atomic E-state index is 0.0537. The predicted molar refractivity (Wildman–Crippen MR) is 126 cm³/mol. The molecule has 0 aliphatic carbocycles. The SMILES string of the molecule is O=C(c1cc2cc(Cl)ccc2[nH]1)N1CCN(Cc2cccc(-c3ccccc3)c2)CC1. The van der Waals surface area contributed by atoms with Gasteiger partial charge in [-0.2, -0.15) is 0 Å². The highest BCUT2D eigenvalue weighted by atomic mass is 35.5. The van der Waals surface area contributed by atoms with Crippen LogP contribution in [0.25, 0.3) is 22.0 Å². The fourth-order valence-corrected chi connectivity index (χ4v) is 4.42. The van der Waals surface area contributed by atoms with Crippen molar-refractivity contribution >= 4 is 28.4 Å². The summed E-state index contributed by atoms with van der Waals surface area (Å²) in [7, 11) is 0. The number of hydrogen-bond acceptors (Lipinski definition) is 2. The number of rotatable bonds is 4. The Hall–Kier alpha value is -3.08. The predicted octanol–water partition coefficient (Wildman–Crippen LogP) is 5.45. The number of benzene rings is 3. The molecule has 1 aromatic heterocycles. The molecular formula is C26H24ClN3O. The molecule has 0 unspecified atom stereocenters. The van der Waals surface area contributed by atoms with Gasteiger partial charge in [0.15, 0.2) is 0 Å². The second-order valence-corrected chi connectivity index (χ2v) is 8.49. The number of nitrogens with one attached hydrogen (secondary N) is 1. The average Bonchev–Trinajstić information content (AvgIpc) is 3.23. The highest BCUT2D eigenvalue weighted by molar-refractivity contribution is 6.31. The van der Waals surface area contributed by atoms with E-state index in [-0.39, 0.29) is 5.91 Å². The normalized spacial score (nSPS) is 14.8. The van der Waals surface area contributed by atoms with E-state index in [1.165, 1.54) is 16.7 Å². The number of aromatic nitrogens is 1. The first-order valence-electron chi connectivity index (χ1n) is 10.6. The second-order valence-electron chi connectivity index (χ2n) is 8.05. The Labute approximate surface area is 187 Å². The third kappa shape index (κ3) is 4.36. The van der Waals surface area contributed by atoms with Gasteiger partial charge in [-0.3, -0.25) is 9.69 Å². The molecule has 4 aromatic rings. The zero-order chi connectivity index (χ0) is 21.2. The van der Waals surface area contributed by atoms with Gasteiger partial charge < -0.3 is 9.88 Å². The van der Waals surface area contributed by atoms with Gasteiger partial charge in [-0.1, -0.05) is 60.1 Å². The molecule has 1 amide bonds. The quantitative estimate of drug-likeness (QED) is 0.468. The van der Waals surface area contributed by atoms with Crippen LogP contribution in [-0.2, 0) is 6.54 Å². The van der Waals surface area contributed by atoms with Gasteiger partial charge in [0, 0.05) is 48.6 Å². The molecule has 2 heterocycles. The van der Waals surface area contributed by atoms with Crippen molar-refractivity contribution in [2.75, 3.05) is 26.2 Å². The lowest BCUT2D eigenvalue weighted by Crippen LogP contribution is -2.48. The van der Waals surface area contributed by atoms with Crippen LogP contribution >= 0.6 is 11.6 Å². The van der Waals surface area contributed by atoms with Crippen LogP contribution in [0.4, 0.5) is 0 Å². The van der Waals surface area contributed by atoms with Crippen LogP contribution in [0.15, 0.2) is 78.9 Å². The van der Waals surface area contributed by atoms with Crippen LogP contribution in [0.2, 0.25) is 5.02 Å². The van der Waals surface area contributed by atoms with Gasteiger partial charge in [-0.15, -0.1) is 0 Å². The molecule has 1 N–H and O–H groups in total. The number of carbonyl (C=O) groups excluding carboxylic acids is 1. The lowest BCUT2D eigenvalue weighted by atomic mass is 10.0. The number of piperazine rings is 1. The Morgan fingerprint density at radius 3 is 2.42 bits per heavy atom. The molecule has 5 rings (SSSR count). The highest BCUT2D eigenvalue weighted by Gasteiger charge is 2.23. The number of carbonyl (C=O) groups is 1. The topological polar surface area (TPSA) is 39.3 Å². The number of nitrogens with zero attached hydrogens (tertiary/aromatic N) is 2. The van der Waals surface area contributed by atoms with Crippen molar-refractivity contribution in [1.82, 2.24) is 14.8 Å². The summed E-state index contributed by atoms with van der Waals surface area (Å²) < 4.78 is 0. The van der Waals surface area contributed by atoms with Crippen molar-refractivity contribution in [3.63, 3.8) is 0 Å². The molecule has 3 aromatic carbocycles. The van der Waals surface area contributed by atoms with Crippen molar-refractivity contribution < 1.29 is 4.79 Å². The molecule has 0 atom stereocenters. The number of aromatic amines is 1. The number of amides is 1. The standard InChI is InChI=1S/C26H24ClN3O/c27-23-9-10-24-22(16-23)17-25(28-24)26(31)30-13-11-29(12-14-30)18-19-5-4-8-21(15-19)20-6-2-1-3-7-20/h1-10,15-17,28H,11-14,18H2. The average molecular weight is 430 g/mol. The van der Waals surface area contributed by atoms with E-state index in [4.69, 9.17) is 11.6 Å². The Morgan fingerprint density at radius 1 is 0.839 bits per heavy atom. The van der Waals surface area contributed by atoms with E-state index in [0.717, 1.165) is 43.6 Å². The summed E-state index contributed by atoms with van der Waals surface area (Å²) in [5.41, 5.74) is 5.34. The summed E-state index contributed by atoms with van der Waals surface area (Å²) in [4.78, 5) is 20.5. The molecule has 0 saturated carbocycles. The molecule has 1 fully saturated rings. The summed E-state index contributed by atoms with van der Waals surface area (Å²) in [6.45, 7) is 4.09. The van der Waals surface area contributed by atoms with Gasteiger partial charge in [0.2, 0.25) is 0 Å². The molecule has 0 spiro atoms. The van der Waals surface area contributed by atoms with Gasteiger partial charge in [0.25, 0.3) is 5.91 Å². The van der Waals surface area contributed by atoms with E-state index in [0.29, 0.717) is 10.7 Å². The van der Waals surface area contributed by atoms with E-state index in [9.17, 15) is 4.79 Å². The maximum Gasteiger partial charge on any atom is 0.270 e. The fourth-order valence-electron chi connectivity index (χ4n) is 4.24. The lowest BCUT2D eigenvalue weighted by molar-refractivity contribution is 0.0623. The van der Waals surface area contributed by atoms with Crippen LogP contribution in [0.5, 0.6) is 0 Å². The second kappa shape index (κ2) is 8.58. The minimum absolute atomic E-state index is 0.0537. The lowest BCUT2D eigenvalue weighted by Gasteiger charge is -2.34.